The number of phenolic OH excluding ortho intramolecular Hbond substituents is 1. The summed E-state index contributed by atoms with van der Waals surface area (Å²) >= 11 is 0. The Hall–Kier alpha value is -2.39. The molecule has 1 rings (SSSR count). The molecule has 24 heavy (non-hydrogen) atoms. The van der Waals surface area contributed by atoms with Gasteiger partial charge in [0.2, 0.25) is 5.78 Å². The van der Waals surface area contributed by atoms with E-state index in [9.17, 15) is 40.3 Å². The van der Waals surface area contributed by atoms with Gasteiger partial charge < -0.3 is 5.11 Å². The lowest BCUT2D eigenvalue weighted by molar-refractivity contribution is -0.343. The molecule has 0 unspecified atom stereocenters. The second-order valence-electron chi connectivity index (χ2n) is 4.64. The number of phenols is 1. The highest BCUT2D eigenvalue weighted by Gasteiger charge is 2.75. The Morgan fingerprint density at radius 3 is 1.92 bits per heavy atom. The van der Waals surface area contributed by atoms with E-state index < -0.39 is 36.0 Å². The minimum absolute atomic E-state index is 0.109. The van der Waals surface area contributed by atoms with E-state index in [1.165, 1.54) is 24.3 Å². The number of aromatic hydroxyl groups is 1. The van der Waals surface area contributed by atoms with Gasteiger partial charge in [0.15, 0.2) is 5.78 Å². The van der Waals surface area contributed by atoms with Crippen LogP contribution < -0.4 is 0 Å². The van der Waals surface area contributed by atoms with Gasteiger partial charge in [-0.25, -0.2) is 0 Å². The van der Waals surface area contributed by atoms with Crippen molar-refractivity contribution in [3.8, 4) is 5.75 Å². The Kier molecular flexibility index (Phi) is 5.42. The summed E-state index contributed by atoms with van der Waals surface area (Å²) in [6, 6.07) is 5.03. The Labute approximate surface area is 130 Å². The molecular formula is C14H9F7O3. The number of alkyl halides is 7. The molecule has 0 radical (unpaired) electrons. The van der Waals surface area contributed by atoms with Gasteiger partial charge in [-0.3, -0.25) is 9.59 Å². The average molecular weight is 358 g/mol. The van der Waals surface area contributed by atoms with Gasteiger partial charge in [-0.2, -0.15) is 30.7 Å². The van der Waals surface area contributed by atoms with E-state index in [4.69, 9.17) is 5.11 Å². The predicted octanol–water partition coefficient (Wildman–Crippen LogP) is 3.77. The summed E-state index contributed by atoms with van der Waals surface area (Å²) in [5.41, 5.74) is 0.293. The lowest BCUT2D eigenvalue weighted by Gasteiger charge is -2.26. The van der Waals surface area contributed by atoms with Crippen LogP contribution in [0.5, 0.6) is 5.75 Å². The van der Waals surface area contributed by atoms with Crippen molar-refractivity contribution in [2.75, 3.05) is 0 Å². The Balaban J connectivity index is 2.83. The van der Waals surface area contributed by atoms with Gasteiger partial charge >= 0.3 is 18.0 Å². The van der Waals surface area contributed by atoms with Crippen LogP contribution in [0.3, 0.4) is 0 Å². The third-order valence-corrected chi connectivity index (χ3v) is 2.79. The van der Waals surface area contributed by atoms with E-state index in [0.717, 1.165) is 6.08 Å². The van der Waals surface area contributed by atoms with E-state index in [2.05, 4.69) is 0 Å². The maximum atomic E-state index is 13.0. The smallest absolute Gasteiger partial charge is 0.460 e. The van der Waals surface area contributed by atoms with Crippen LogP contribution in [-0.4, -0.2) is 34.7 Å². The van der Waals surface area contributed by atoms with Crippen molar-refractivity contribution in [3.63, 3.8) is 0 Å². The zero-order chi connectivity index (χ0) is 18.8. The van der Waals surface area contributed by atoms with Crippen molar-refractivity contribution < 1.29 is 45.4 Å². The molecule has 0 aliphatic heterocycles. The minimum Gasteiger partial charge on any atom is -0.508 e. The van der Waals surface area contributed by atoms with Crippen LogP contribution in [-0.2, 0) is 9.59 Å². The summed E-state index contributed by atoms with van der Waals surface area (Å²) in [7, 11) is 0. The summed E-state index contributed by atoms with van der Waals surface area (Å²) in [5, 5.41) is 9.00. The zero-order valence-electron chi connectivity index (χ0n) is 11.6. The molecular weight excluding hydrogens is 349 g/mol. The molecule has 132 valence electrons. The average Bonchev–Trinajstić information content (AvgIpc) is 2.45. The van der Waals surface area contributed by atoms with Crippen LogP contribution in [0.25, 0.3) is 6.08 Å². The number of allylic oxidation sites excluding steroid dienone is 1. The van der Waals surface area contributed by atoms with Crippen LogP contribution in [0.2, 0.25) is 0 Å². The first-order valence-electron chi connectivity index (χ1n) is 6.14. The molecule has 1 aromatic carbocycles. The van der Waals surface area contributed by atoms with E-state index >= 15 is 0 Å². The van der Waals surface area contributed by atoms with E-state index in [0.29, 0.717) is 11.6 Å². The Morgan fingerprint density at radius 2 is 1.46 bits per heavy atom. The minimum atomic E-state index is -6.64. The first-order valence-corrected chi connectivity index (χ1v) is 6.14. The highest BCUT2D eigenvalue weighted by atomic mass is 19.4. The van der Waals surface area contributed by atoms with Crippen LogP contribution in [0, 0.1) is 0 Å². The Bertz CT molecular complexity index is 645. The number of rotatable bonds is 6. The van der Waals surface area contributed by atoms with Gasteiger partial charge in [-0.05, 0) is 23.8 Å². The van der Waals surface area contributed by atoms with Crippen LogP contribution in [0.15, 0.2) is 30.3 Å². The monoisotopic (exact) mass is 358 g/mol. The molecule has 0 atom stereocenters. The van der Waals surface area contributed by atoms with Crippen molar-refractivity contribution in [2.45, 2.75) is 24.4 Å². The summed E-state index contributed by atoms with van der Waals surface area (Å²) in [6.45, 7) is 0. The predicted molar refractivity (Wildman–Crippen MR) is 67.7 cm³/mol. The van der Waals surface area contributed by atoms with E-state index in [-0.39, 0.29) is 5.75 Å². The highest BCUT2D eigenvalue weighted by molar-refractivity contribution is 6.08. The SMILES string of the molecule is O=C(/C=C/c1ccc(O)cc1)CC(=O)C(F)(F)C(F)(F)C(F)(F)F. The first kappa shape index (κ1) is 19.7. The number of ketones is 2. The van der Waals surface area contributed by atoms with Gasteiger partial charge in [0.25, 0.3) is 0 Å². The molecule has 0 saturated carbocycles. The molecule has 0 amide bonds. The fourth-order valence-electron chi connectivity index (χ4n) is 1.46. The number of hydrogen-bond donors (Lipinski definition) is 1. The normalized spacial score (nSPS) is 13.3. The standard InChI is InChI=1S/C14H9F7O3/c15-12(16,13(17,18)14(19,20)21)11(24)7-10(23)6-3-8-1-4-9(22)5-2-8/h1-6,22H,7H2/b6-3+. The molecule has 0 aliphatic carbocycles. The van der Waals surface area contributed by atoms with Gasteiger partial charge in [0.1, 0.15) is 5.75 Å². The van der Waals surface area contributed by atoms with Gasteiger partial charge in [-0.15, -0.1) is 0 Å². The van der Waals surface area contributed by atoms with Crippen LogP contribution in [0.4, 0.5) is 30.7 Å². The van der Waals surface area contributed by atoms with E-state index in [1.54, 1.807) is 0 Å². The van der Waals surface area contributed by atoms with E-state index in [1.807, 2.05) is 0 Å². The lowest BCUT2D eigenvalue weighted by atomic mass is 10.0. The van der Waals surface area contributed by atoms with Crippen molar-refractivity contribution >= 4 is 17.6 Å². The van der Waals surface area contributed by atoms with Crippen LogP contribution in [0.1, 0.15) is 12.0 Å². The summed E-state index contributed by atoms with van der Waals surface area (Å²) in [5.74, 6) is -17.0. The summed E-state index contributed by atoms with van der Waals surface area (Å²) in [4.78, 5) is 22.3. The topological polar surface area (TPSA) is 54.4 Å². The second-order valence-corrected chi connectivity index (χ2v) is 4.64. The maximum Gasteiger partial charge on any atom is 0.460 e. The number of Topliss-reactive ketones (excluding diaryl/α,β-unsaturated/α-hetero) is 1. The maximum absolute atomic E-state index is 13.0. The number of hydrogen-bond acceptors (Lipinski definition) is 3. The third-order valence-electron chi connectivity index (χ3n) is 2.79. The number of halogens is 7. The molecule has 0 spiro atoms. The molecule has 0 saturated heterocycles. The molecule has 10 heteroatoms. The quantitative estimate of drug-likeness (QED) is 0.479. The summed E-state index contributed by atoms with van der Waals surface area (Å²) < 4.78 is 87.2. The molecule has 0 fully saturated rings. The molecule has 3 nitrogen and oxygen atoms in total. The number of benzene rings is 1. The van der Waals surface area contributed by atoms with Crippen molar-refractivity contribution in [3.05, 3.63) is 35.9 Å². The molecule has 1 N–H and O–H groups in total. The number of carbonyl (C=O) groups excluding carboxylic acids is 2. The van der Waals surface area contributed by atoms with Crippen molar-refractivity contribution in [1.29, 1.82) is 0 Å². The van der Waals surface area contributed by atoms with Gasteiger partial charge in [0.05, 0.1) is 6.42 Å². The van der Waals surface area contributed by atoms with Crippen LogP contribution >= 0.6 is 0 Å². The Morgan fingerprint density at radius 1 is 0.958 bits per heavy atom. The fraction of sp³-hybridized carbons (Fsp3) is 0.286. The van der Waals surface area contributed by atoms with Gasteiger partial charge in [0, 0.05) is 0 Å². The molecule has 0 aliphatic rings. The largest absolute Gasteiger partial charge is 0.508 e. The van der Waals surface area contributed by atoms with Gasteiger partial charge in [-0.1, -0.05) is 18.2 Å². The molecule has 1 aromatic rings. The third kappa shape index (κ3) is 4.12. The highest BCUT2D eigenvalue weighted by Crippen LogP contribution is 2.47. The van der Waals surface area contributed by atoms with Crippen molar-refractivity contribution in [1.82, 2.24) is 0 Å². The zero-order valence-corrected chi connectivity index (χ0v) is 11.6. The number of carbonyl (C=O) groups is 2. The van der Waals surface area contributed by atoms with Crippen molar-refractivity contribution in [2.24, 2.45) is 0 Å². The lowest BCUT2D eigenvalue weighted by Crippen LogP contribution is -2.56. The second kappa shape index (κ2) is 6.62. The molecule has 0 aromatic heterocycles. The summed E-state index contributed by atoms with van der Waals surface area (Å²) in [6.07, 6.45) is -6.88. The first-order chi connectivity index (χ1) is 10.8. The molecule has 0 heterocycles. The fourth-order valence-corrected chi connectivity index (χ4v) is 1.46. The molecule has 0 bridgehead atoms.